The monoisotopic (exact) mass is 361 g/mol. The molecular weight excluding hydrogens is 341 g/mol. The molecule has 0 spiro atoms. The molecule has 1 aliphatic heterocycles. The highest BCUT2D eigenvalue weighted by Gasteiger charge is 2.34. The Hall–Kier alpha value is -0.820. The lowest BCUT2D eigenvalue weighted by molar-refractivity contribution is 0.0531. The highest BCUT2D eigenvalue weighted by atomic mass is 127. The van der Waals surface area contributed by atoms with E-state index < -0.39 is 0 Å². The zero-order valence-electron chi connectivity index (χ0n) is 10.3. The number of nitrogens with two attached hydrogens (primary N) is 2. The van der Waals surface area contributed by atoms with E-state index in [9.17, 15) is 0 Å². The summed E-state index contributed by atoms with van der Waals surface area (Å²) in [6.07, 6.45) is 1.93. The van der Waals surface area contributed by atoms with Gasteiger partial charge >= 0.3 is 0 Å². The molecule has 100 valence electrons. The molecule has 0 aromatic heterocycles. The molecule has 4 nitrogen and oxygen atoms in total. The number of hydrogen-bond acceptors (Lipinski definition) is 2. The van der Waals surface area contributed by atoms with Crippen LogP contribution in [0.25, 0.3) is 0 Å². The van der Waals surface area contributed by atoms with Crippen LogP contribution in [0.5, 0.6) is 0 Å². The van der Waals surface area contributed by atoms with Crippen molar-refractivity contribution in [1.82, 2.24) is 0 Å². The first-order valence-corrected chi connectivity index (χ1v) is 5.92. The molecule has 0 unspecified atom stereocenters. The van der Waals surface area contributed by atoms with Gasteiger partial charge in [0.05, 0.1) is 6.54 Å². The van der Waals surface area contributed by atoms with Crippen molar-refractivity contribution in [3.05, 3.63) is 35.9 Å². The van der Waals surface area contributed by atoms with Gasteiger partial charge in [-0.1, -0.05) is 30.3 Å². The average molecular weight is 361 g/mol. The Labute approximate surface area is 125 Å². The van der Waals surface area contributed by atoms with Crippen LogP contribution in [0.4, 0.5) is 0 Å². The third-order valence-electron chi connectivity index (χ3n) is 3.40. The molecule has 1 heterocycles. The number of guanidine groups is 1. The molecule has 1 saturated heterocycles. The van der Waals surface area contributed by atoms with E-state index in [-0.39, 0.29) is 35.4 Å². The lowest BCUT2D eigenvalue weighted by Crippen LogP contribution is -2.38. The standard InChI is InChI=1S/C13H19N3O.HI/c14-12(15)16-10-13(6-8-17-9-7-13)11-4-2-1-3-5-11;/h1-5H,6-10H2,(H4,14,15,16);1H. The van der Waals surface area contributed by atoms with Crippen molar-refractivity contribution in [1.29, 1.82) is 0 Å². The summed E-state index contributed by atoms with van der Waals surface area (Å²) in [7, 11) is 0. The van der Waals surface area contributed by atoms with Crippen LogP contribution in [0, 0.1) is 0 Å². The summed E-state index contributed by atoms with van der Waals surface area (Å²) in [5.41, 5.74) is 12.2. The maximum absolute atomic E-state index is 5.44. The molecule has 0 radical (unpaired) electrons. The molecule has 1 aliphatic rings. The molecule has 1 fully saturated rings. The Kier molecular flexibility index (Phi) is 5.87. The van der Waals surface area contributed by atoms with Gasteiger partial charge in [0.2, 0.25) is 0 Å². The quantitative estimate of drug-likeness (QED) is 0.488. The van der Waals surface area contributed by atoms with Gasteiger partial charge in [-0.2, -0.15) is 0 Å². The minimum atomic E-state index is 0. The maximum Gasteiger partial charge on any atom is 0.185 e. The van der Waals surface area contributed by atoms with Gasteiger partial charge in [0.25, 0.3) is 0 Å². The second-order valence-corrected chi connectivity index (χ2v) is 4.50. The molecule has 2 rings (SSSR count). The number of aliphatic imine (C=N–C) groups is 1. The smallest absolute Gasteiger partial charge is 0.185 e. The van der Waals surface area contributed by atoms with Crippen molar-refractivity contribution in [2.45, 2.75) is 18.3 Å². The van der Waals surface area contributed by atoms with E-state index >= 15 is 0 Å². The van der Waals surface area contributed by atoms with Crippen LogP contribution >= 0.6 is 24.0 Å². The third kappa shape index (κ3) is 3.58. The molecule has 1 aromatic rings. The van der Waals surface area contributed by atoms with Crippen molar-refractivity contribution in [3.8, 4) is 0 Å². The summed E-state index contributed by atoms with van der Waals surface area (Å²) in [4.78, 5) is 4.21. The van der Waals surface area contributed by atoms with E-state index in [1.54, 1.807) is 0 Å². The number of rotatable bonds is 3. The van der Waals surface area contributed by atoms with E-state index in [1.165, 1.54) is 5.56 Å². The molecule has 0 bridgehead atoms. The molecule has 0 saturated carbocycles. The van der Waals surface area contributed by atoms with Gasteiger partial charge in [-0.15, -0.1) is 24.0 Å². The van der Waals surface area contributed by atoms with Crippen LogP contribution in [0.1, 0.15) is 18.4 Å². The van der Waals surface area contributed by atoms with Gasteiger partial charge in [-0.3, -0.25) is 4.99 Å². The van der Waals surface area contributed by atoms with Crippen LogP contribution < -0.4 is 11.5 Å². The summed E-state index contributed by atoms with van der Waals surface area (Å²) in [6.45, 7) is 2.19. The molecule has 18 heavy (non-hydrogen) atoms. The summed E-state index contributed by atoms with van der Waals surface area (Å²) in [5.74, 6) is 0.159. The van der Waals surface area contributed by atoms with Crippen LogP contribution in [-0.2, 0) is 10.2 Å². The number of benzene rings is 1. The van der Waals surface area contributed by atoms with E-state index in [0.29, 0.717) is 6.54 Å². The van der Waals surface area contributed by atoms with Crippen molar-refractivity contribution in [2.75, 3.05) is 19.8 Å². The van der Waals surface area contributed by atoms with Crippen molar-refractivity contribution < 1.29 is 4.74 Å². The van der Waals surface area contributed by atoms with Gasteiger partial charge < -0.3 is 16.2 Å². The second kappa shape index (κ2) is 6.94. The second-order valence-electron chi connectivity index (χ2n) is 4.50. The third-order valence-corrected chi connectivity index (χ3v) is 3.40. The SMILES string of the molecule is I.NC(N)=NCC1(c2ccccc2)CCOCC1. The largest absolute Gasteiger partial charge is 0.381 e. The predicted molar refractivity (Wildman–Crippen MR) is 84.3 cm³/mol. The van der Waals surface area contributed by atoms with Crippen LogP contribution in [-0.4, -0.2) is 25.7 Å². The van der Waals surface area contributed by atoms with Crippen molar-refractivity contribution in [3.63, 3.8) is 0 Å². The first-order valence-electron chi connectivity index (χ1n) is 5.92. The van der Waals surface area contributed by atoms with Gasteiger partial charge in [0.15, 0.2) is 5.96 Å². The molecule has 0 aliphatic carbocycles. The highest BCUT2D eigenvalue weighted by molar-refractivity contribution is 14.0. The van der Waals surface area contributed by atoms with Crippen molar-refractivity contribution in [2.24, 2.45) is 16.5 Å². The topological polar surface area (TPSA) is 73.6 Å². The van der Waals surface area contributed by atoms with Crippen molar-refractivity contribution >= 4 is 29.9 Å². The molecular formula is C13H20IN3O. The fourth-order valence-corrected chi connectivity index (χ4v) is 2.33. The minimum absolute atomic E-state index is 0. The highest BCUT2D eigenvalue weighted by Crippen LogP contribution is 2.34. The zero-order valence-corrected chi connectivity index (χ0v) is 12.7. The first-order chi connectivity index (χ1) is 8.23. The van der Waals surface area contributed by atoms with E-state index in [1.807, 2.05) is 6.07 Å². The molecule has 5 heteroatoms. The molecule has 0 atom stereocenters. The first kappa shape index (κ1) is 15.2. The molecule has 1 aromatic carbocycles. The van der Waals surface area contributed by atoms with Gasteiger partial charge in [-0.25, -0.2) is 0 Å². The molecule has 4 N–H and O–H groups in total. The van der Waals surface area contributed by atoms with Gasteiger partial charge in [-0.05, 0) is 18.4 Å². The van der Waals surface area contributed by atoms with Gasteiger partial charge in [0, 0.05) is 18.6 Å². The Morgan fingerprint density at radius 3 is 2.33 bits per heavy atom. The summed E-state index contributed by atoms with van der Waals surface area (Å²) in [5, 5.41) is 0. The maximum atomic E-state index is 5.44. The van der Waals surface area contributed by atoms with Crippen LogP contribution in [0.15, 0.2) is 35.3 Å². The van der Waals surface area contributed by atoms with E-state index in [4.69, 9.17) is 16.2 Å². The Morgan fingerprint density at radius 1 is 1.17 bits per heavy atom. The van der Waals surface area contributed by atoms with E-state index in [0.717, 1.165) is 26.1 Å². The summed E-state index contributed by atoms with van der Waals surface area (Å²) >= 11 is 0. The Bertz CT molecular complexity index is 384. The Morgan fingerprint density at radius 2 is 1.78 bits per heavy atom. The summed E-state index contributed by atoms with van der Waals surface area (Å²) < 4.78 is 5.44. The molecule has 0 amide bonds. The number of nitrogens with zero attached hydrogens (tertiary/aromatic N) is 1. The van der Waals surface area contributed by atoms with Gasteiger partial charge in [0.1, 0.15) is 0 Å². The Balaban J connectivity index is 0.00000162. The normalized spacial score (nSPS) is 17.6. The van der Waals surface area contributed by atoms with Crippen LogP contribution in [0.2, 0.25) is 0 Å². The fraction of sp³-hybridized carbons (Fsp3) is 0.462. The lowest BCUT2D eigenvalue weighted by atomic mass is 9.74. The number of ether oxygens (including phenoxy) is 1. The van der Waals surface area contributed by atoms with Crippen LogP contribution in [0.3, 0.4) is 0 Å². The predicted octanol–water partition coefficient (Wildman–Crippen LogP) is 1.63. The number of hydrogen-bond donors (Lipinski definition) is 2. The average Bonchev–Trinajstić information content (AvgIpc) is 2.39. The fourth-order valence-electron chi connectivity index (χ4n) is 2.33. The lowest BCUT2D eigenvalue weighted by Gasteiger charge is -2.36. The zero-order chi connectivity index (χ0) is 12.1. The minimum Gasteiger partial charge on any atom is -0.381 e. The van der Waals surface area contributed by atoms with E-state index in [2.05, 4.69) is 29.3 Å². The summed E-state index contributed by atoms with van der Waals surface area (Å²) in [6, 6.07) is 10.4. The number of halogens is 1.